The Kier molecular flexibility index (Phi) is 11.1. The van der Waals surface area contributed by atoms with Crippen LogP contribution in [0.25, 0.3) is 0 Å². The minimum Gasteiger partial charge on any atom is -0.478 e. The highest BCUT2D eigenvalue weighted by Crippen LogP contribution is 2.53. The van der Waals surface area contributed by atoms with Gasteiger partial charge in [0, 0.05) is 16.7 Å². The quantitative estimate of drug-likeness (QED) is 0.594. The maximum Gasteiger partial charge on any atom is 0.330 e. The van der Waals surface area contributed by atoms with Crippen molar-refractivity contribution in [3.05, 3.63) is 36.5 Å². The third kappa shape index (κ3) is 10.7. The van der Waals surface area contributed by atoms with E-state index in [0.29, 0.717) is 0 Å². The first-order chi connectivity index (χ1) is 12.8. The average molecular weight is 395 g/mol. The standard InChI is InChI=1S/C10H16.3C4H6O2/c1-7-2-9-4-8(1)5-10(3-7)6-9;3*1-3(2)4(5)6/h7-10H,1-6H2;3*1H2,2H3,(H,5,6). The number of carboxylic acid groups (broad SMARTS) is 3. The van der Waals surface area contributed by atoms with Crippen LogP contribution >= 0.6 is 0 Å². The fourth-order valence-corrected chi connectivity index (χ4v) is 3.98. The molecule has 0 aromatic rings. The molecule has 0 aliphatic heterocycles. The predicted molar refractivity (Wildman–Crippen MR) is 109 cm³/mol. The minimum atomic E-state index is -0.935. The molecule has 0 atom stereocenters. The van der Waals surface area contributed by atoms with E-state index in [1.54, 1.807) is 38.5 Å². The summed E-state index contributed by atoms with van der Waals surface area (Å²) in [7, 11) is 0. The second-order valence-electron chi connectivity index (χ2n) is 8.13. The molecule has 158 valence electrons. The number of rotatable bonds is 3. The van der Waals surface area contributed by atoms with Gasteiger partial charge in [-0.1, -0.05) is 19.7 Å². The van der Waals surface area contributed by atoms with Gasteiger partial charge in [0.15, 0.2) is 0 Å². The SMILES string of the molecule is C1C2CC3CC1CC(C2)C3.C=C(C)C(=O)O.C=C(C)C(=O)O.C=C(C)C(=O)O. The minimum absolute atomic E-state index is 0.176. The molecule has 4 rings (SSSR count). The van der Waals surface area contributed by atoms with Gasteiger partial charge in [-0.15, -0.1) is 0 Å². The predicted octanol–water partition coefficient (Wildman–Crippen LogP) is 4.77. The molecule has 0 unspecified atom stereocenters. The smallest absolute Gasteiger partial charge is 0.330 e. The van der Waals surface area contributed by atoms with E-state index >= 15 is 0 Å². The van der Waals surface area contributed by atoms with E-state index in [0.717, 1.165) is 0 Å². The molecular formula is C22H34O6. The van der Waals surface area contributed by atoms with Crippen LogP contribution in [0.4, 0.5) is 0 Å². The third-order valence-corrected chi connectivity index (χ3v) is 5.10. The van der Waals surface area contributed by atoms with Crippen LogP contribution in [0.15, 0.2) is 36.5 Å². The highest BCUT2D eigenvalue weighted by Gasteiger charge is 2.41. The van der Waals surface area contributed by atoms with Crippen molar-refractivity contribution in [2.75, 3.05) is 0 Å². The van der Waals surface area contributed by atoms with E-state index < -0.39 is 17.9 Å². The van der Waals surface area contributed by atoms with Crippen LogP contribution in [0.2, 0.25) is 0 Å². The Hall–Kier alpha value is -2.37. The molecule has 4 fully saturated rings. The van der Waals surface area contributed by atoms with E-state index in [9.17, 15) is 14.4 Å². The van der Waals surface area contributed by atoms with Crippen molar-refractivity contribution in [1.82, 2.24) is 0 Å². The highest BCUT2D eigenvalue weighted by atomic mass is 16.4. The van der Waals surface area contributed by atoms with Crippen molar-refractivity contribution >= 4 is 17.9 Å². The van der Waals surface area contributed by atoms with E-state index in [2.05, 4.69) is 19.7 Å². The summed E-state index contributed by atoms with van der Waals surface area (Å²) in [4.78, 5) is 28.8. The van der Waals surface area contributed by atoms with Gasteiger partial charge in [0.1, 0.15) is 0 Å². The molecule has 0 aromatic heterocycles. The number of hydrogen-bond acceptors (Lipinski definition) is 3. The van der Waals surface area contributed by atoms with Crippen LogP contribution in [0.3, 0.4) is 0 Å². The average Bonchev–Trinajstić information content (AvgIpc) is 2.55. The van der Waals surface area contributed by atoms with Crippen molar-refractivity contribution in [3.8, 4) is 0 Å². The van der Waals surface area contributed by atoms with Gasteiger partial charge in [0.05, 0.1) is 0 Å². The van der Waals surface area contributed by atoms with E-state index in [-0.39, 0.29) is 16.7 Å². The molecule has 4 aliphatic rings. The van der Waals surface area contributed by atoms with Crippen LogP contribution in [-0.2, 0) is 14.4 Å². The lowest BCUT2D eigenvalue weighted by atomic mass is 9.56. The molecule has 28 heavy (non-hydrogen) atoms. The van der Waals surface area contributed by atoms with Gasteiger partial charge in [0.25, 0.3) is 0 Å². The zero-order valence-electron chi connectivity index (χ0n) is 17.2. The molecule has 4 bridgehead atoms. The molecule has 4 aliphatic carbocycles. The molecular weight excluding hydrogens is 360 g/mol. The Morgan fingerprint density at radius 2 is 0.643 bits per heavy atom. The van der Waals surface area contributed by atoms with E-state index in [1.165, 1.54) is 44.4 Å². The van der Waals surface area contributed by atoms with Crippen LogP contribution in [0.5, 0.6) is 0 Å². The number of hydrogen-bond donors (Lipinski definition) is 3. The topological polar surface area (TPSA) is 112 Å². The van der Waals surface area contributed by atoms with Gasteiger partial charge in [-0.05, 0) is 83.0 Å². The lowest BCUT2D eigenvalue weighted by Crippen LogP contribution is -2.38. The van der Waals surface area contributed by atoms with Gasteiger partial charge in [0.2, 0.25) is 0 Å². The summed E-state index contributed by atoms with van der Waals surface area (Å²) in [5.41, 5.74) is 0.528. The van der Waals surface area contributed by atoms with E-state index in [4.69, 9.17) is 15.3 Å². The van der Waals surface area contributed by atoms with Crippen LogP contribution in [0.1, 0.15) is 59.3 Å². The fourth-order valence-electron chi connectivity index (χ4n) is 3.98. The summed E-state index contributed by atoms with van der Waals surface area (Å²) in [6.07, 6.45) is 9.62. The Bertz CT molecular complexity index is 467. The van der Waals surface area contributed by atoms with Crippen molar-refractivity contribution in [3.63, 3.8) is 0 Å². The van der Waals surface area contributed by atoms with Crippen LogP contribution in [0, 0.1) is 23.7 Å². The van der Waals surface area contributed by atoms with Crippen LogP contribution < -0.4 is 0 Å². The largest absolute Gasteiger partial charge is 0.478 e. The van der Waals surface area contributed by atoms with Crippen molar-refractivity contribution < 1.29 is 29.7 Å². The maximum absolute atomic E-state index is 9.60. The van der Waals surface area contributed by atoms with Gasteiger partial charge in [-0.3, -0.25) is 0 Å². The molecule has 0 aromatic carbocycles. The molecule has 6 heteroatoms. The maximum atomic E-state index is 9.60. The number of aliphatic carboxylic acids is 3. The second kappa shape index (κ2) is 12.2. The molecule has 0 radical (unpaired) electrons. The van der Waals surface area contributed by atoms with Gasteiger partial charge < -0.3 is 15.3 Å². The molecule has 0 amide bonds. The zero-order chi connectivity index (χ0) is 22.0. The Balaban J connectivity index is 0.000000364. The molecule has 3 N–H and O–H groups in total. The number of carbonyl (C=O) groups is 3. The molecule has 4 saturated carbocycles. The van der Waals surface area contributed by atoms with Crippen molar-refractivity contribution in [1.29, 1.82) is 0 Å². The second-order valence-corrected chi connectivity index (χ2v) is 8.13. The first-order valence-corrected chi connectivity index (χ1v) is 9.49. The third-order valence-electron chi connectivity index (χ3n) is 5.10. The summed E-state index contributed by atoms with van der Waals surface area (Å²) in [5.74, 6) is 1.90. The molecule has 0 spiro atoms. The normalized spacial score (nSPS) is 25.4. The Morgan fingerprint density at radius 3 is 0.714 bits per heavy atom. The monoisotopic (exact) mass is 394 g/mol. The fraction of sp³-hybridized carbons (Fsp3) is 0.591. The Labute approximate surface area is 167 Å². The van der Waals surface area contributed by atoms with Crippen molar-refractivity contribution in [2.45, 2.75) is 59.3 Å². The summed E-state index contributed by atoms with van der Waals surface area (Å²) < 4.78 is 0. The lowest BCUT2D eigenvalue weighted by Gasteiger charge is -2.49. The lowest BCUT2D eigenvalue weighted by molar-refractivity contribution is -0.133. The van der Waals surface area contributed by atoms with Gasteiger partial charge in [-0.25, -0.2) is 14.4 Å². The summed E-state index contributed by atoms with van der Waals surface area (Å²) in [5, 5.41) is 23.7. The molecule has 6 nitrogen and oxygen atoms in total. The first kappa shape index (κ1) is 25.6. The summed E-state index contributed by atoms with van der Waals surface area (Å²) >= 11 is 0. The first-order valence-electron chi connectivity index (χ1n) is 9.49. The van der Waals surface area contributed by atoms with Crippen molar-refractivity contribution in [2.24, 2.45) is 23.7 Å². The van der Waals surface area contributed by atoms with Gasteiger partial charge in [-0.2, -0.15) is 0 Å². The van der Waals surface area contributed by atoms with Gasteiger partial charge >= 0.3 is 17.9 Å². The highest BCUT2D eigenvalue weighted by molar-refractivity contribution is 5.85. The Morgan fingerprint density at radius 1 is 0.536 bits per heavy atom. The molecule has 0 saturated heterocycles. The summed E-state index contributed by atoms with van der Waals surface area (Å²) in [6.45, 7) is 13.8. The summed E-state index contributed by atoms with van der Waals surface area (Å²) in [6, 6.07) is 0. The van der Waals surface area contributed by atoms with Crippen LogP contribution in [-0.4, -0.2) is 33.2 Å². The number of carboxylic acids is 3. The zero-order valence-corrected chi connectivity index (χ0v) is 17.2. The molecule has 0 heterocycles. The van der Waals surface area contributed by atoms with E-state index in [1.807, 2.05) is 0 Å².